The molecule has 3 heterocycles. The number of hydrogen-bond donors (Lipinski definition) is 1. The number of aliphatic hydroxyl groups excluding tert-OH is 1. The highest BCUT2D eigenvalue weighted by atomic mass is 16.6. The van der Waals surface area contributed by atoms with Crippen molar-refractivity contribution in [3.63, 3.8) is 0 Å². The zero-order valence-electron chi connectivity index (χ0n) is 19.9. The smallest absolute Gasteiger partial charge is 0.295 e. The number of benzene rings is 2. The number of amides is 1. The van der Waals surface area contributed by atoms with E-state index in [0.29, 0.717) is 67.7 Å². The summed E-state index contributed by atoms with van der Waals surface area (Å²) < 4.78 is 18.7. The van der Waals surface area contributed by atoms with Crippen molar-refractivity contribution < 1.29 is 28.9 Å². The molecule has 1 N–H and O–H groups in total. The van der Waals surface area contributed by atoms with Gasteiger partial charge in [0.05, 0.1) is 24.5 Å². The van der Waals surface area contributed by atoms with Crippen molar-refractivity contribution in [1.29, 1.82) is 0 Å². The molecule has 36 heavy (non-hydrogen) atoms. The summed E-state index contributed by atoms with van der Waals surface area (Å²) in [6.45, 7) is 4.23. The van der Waals surface area contributed by atoms with Gasteiger partial charge in [-0.3, -0.25) is 9.59 Å². The van der Waals surface area contributed by atoms with Gasteiger partial charge in [-0.15, -0.1) is 0 Å². The molecule has 3 aromatic rings. The van der Waals surface area contributed by atoms with Crippen molar-refractivity contribution >= 4 is 17.4 Å². The zero-order chi connectivity index (χ0) is 25.1. The zero-order valence-corrected chi connectivity index (χ0v) is 19.9. The van der Waals surface area contributed by atoms with Crippen LogP contribution in [0, 0.1) is 0 Å². The maximum atomic E-state index is 13.3. The third kappa shape index (κ3) is 4.51. The number of fused-ring (bicyclic) bond motifs is 1. The van der Waals surface area contributed by atoms with Crippen LogP contribution in [0.4, 0.5) is 0 Å². The molecule has 9 heteroatoms. The number of rotatable bonds is 8. The van der Waals surface area contributed by atoms with Gasteiger partial charge in [0.25, 0.3) is 11.7 Å². The number of carbonyl (C=O) groups is 2. The fourth-order valence-corrected chi connectivity index (χ4v) is 4.56. The Bertz CT molecular complexity index is 1280. The van der Waals surface area contributed by atoms with Crippen LogP contribution < -0.4 is 14.2 Å². The minimum atomic E-state index is -0.739. The molecule has 5 rings (SSSR count). The molecule has 0 aliphatic carbocycles. The Kier molecular flexibility index (Phi) is 6.62. The Balaban J connectivity index is 1.52. The molecule has 186 valence electrons. The number of ketones is 1. The van der Waals surface area contributed by atoms with Crippen LogP contribution in [0.2, 0.25) is 0 Å². The molecule has 2 aliphatic heterocycles. The molecule has 9 nitrogen and oxygen atoms in total. The lowest BCUT2D eigenvalue weighted by Crippen LogP contribution is -2.31. The van der Waals surface area contributed by atoms with Gasteiger partial charge in [-0.25, -0.2) is 4.98 Å². The van der Waals surface area contributed by atoms with E-state index >= 15 is 0 Å². The number of aryl methyl sites for hydroxylation is 1. The van der Waals surface area contributed by atoms with E-state index in [1.54, 1.807) is 42.9 Å². The summed E-state index contributed by atoms with van der Waals surface area (Å²) in [4.78, 5) is 32.0. The summed E-state index contributed by atoms with van der Waals surface area (Å²) in [6.07, 6.45) is 5.86. The molecule has 0 radical (unpaired) electrons. The van der Waals surface area contributed by atoms with E-state index in [0.717, 1.165) is 0 Å². The molecule has 1 aromatic heterocycles. The predicted octanol–water partition coefficient (Wildman–Crippen LogP) is 3.57. The summed E-state index contributed by atoms with van der Waals surface area (Å²) in [7, 11) is 0. The van der Waals surface area contributed by atoms with Gasteiger partial charge < -0.3 is 28.8 Å². The highest BCUT2D eigenvalue weighted by Gasteiger charge is 2.45. The van der Waals surface area contributed by atoms with E-state index < -0.39 is 17.7 Å². The van der Waals surface area contributed by atoms with Crippen LogP contribution in [0.25, 0.3) is 5.76 Å². The number of ether oxygens (including phenoxy) is 3. The van der Waals surface area contributed by atoms with Gasteiger partial charge in [-0.2, -0.15) is 0 Å². The van der Waals surface area contributed by atoms with Gasteiger partial charge in [0.2, 0.25) is 0 Å². The van der Waals surface area contributed by atoms with Crippen molar-refractivity contribution in [2.75, 3.05) is 26.4 Å². The molecule has 2 aromatic carbocycles. The summed E-state index contributed by atoms with van der Waals surface area (Å²) in [5, 5.41) is 11.3. The van der Waals surface area contributed by atoms with Crippen LogP contribution in [-0.2, 0) is 16.1 Å². The van der Waals surface area contributed by atoms with Gasteiger partial charge >= 0.3 is 0 Å². The largest absolute Gasteiger partial charge is 0.507 e. The lowest BCUT2D eigenvalue weighted by Gasteiger charge is -2.26. The maximum Gasteiger partial charge on any atom is 0.295 e. The van der Waals surface area contributed by atoms with Crippen molar-refractivity contribution in [1.82, 2.24) is 14.5 Å². The third-order valence-electron chi connectivity index (χ3n) is 6.24. The van der Waals surface area contributed by atoms with E-state index in [1.807, 2.05) is 29.8 Å². The van der Waals surface area contributed by atoms with Crippen molar-refractivity contribution in [2.45, 2.75) is 25.9 Å². The third-order valence-corrected chi connectivity index (χ3v) is 6.24. The van der Waals surface area contributed by atoms with E-state index in [4.69, 9.17) is 14.2 Å². The minimum Gasteiger partial charge on any atom is -0.507 e. The number of likely N-dealkylation sites (tertiary alicyclic amines) is 1. The number of aromatic nitrogens is 2. The summed E-state index contributed by atoms with van der Waals surface area (Å²) in [5.74, 6) is 0.132. The number of aliphatic hydroxyl groups is 1. The predicted molar refractivity (Wildman–Crippen MR) is 131 cm³/mol. The second-order valence-corrected chi connectivity index (χ2v) is 8.51. The van der Waals surface area contributed by atoms with Gasteiger partial charge in [-0.1, -0.05) is 12.1 Å². The topological polar surface area (TPSA) is 103 Å². The first kappa shape index (κ1) is 23.5. The Hall–Kier alpha value is -4.27. The molecule has 1 atom stereocenters. The second-order valence-electron chi connectivity index (χ2n) is 8.51. The van der Waals surface area contributed by atoms with Crippen molar-refractivity contribution in [3.8, 4) is 17.2 Å². The Morgan fingerprint density at radius 2 is 1.86 bits per heavy atom. The lowest BCUT2D eigenvalue weighted by atomic mass is 9.95. The van der Waals surface area contributed by atoms with Gasteiger partial charge in [0.15, 0.2) is 11.5 Å². The first-order chi connectivity index (χ1) is 17.6. The summed E-state index contributed by atoms with van der Waals surface area (Å²) in [5.41, 5.74) is 1.13. The standard InChI is InChI=1S/C27H27N3O6/c1-2-34-20-7-4-18(5-8-20)24-23(25(31)19-6-9-21-22(16-19)36-15-14-35-21)26(32)27(33)30(24)12-3-11-29-13-10-28-17-29/h4-10,13,16-17,24,31H,2-3,11-12,14-15H2,1H3/b25-23+/t24-/m0/s1. The molecular weight excluding hydrogens is 462 g/mol. The Morgan fingerprint density at radius 1 is 1.08 bits per heavy atom. The summed E-state index contributed by atoms with van der Waals surface area (Å²) in [6, 6.07) is 11.5. The normalized spacial score (nSPS) is 18.5. The van der Waals surface area contributed by atoms with Crippen molar-refractivity contribution in [2.24, 2.45) is 0 Å². The first-order valence-electron chi connectivity index (χ1n) is 11.9. The average Bonchev–Trinajstić information content (AvgIpc) is 3.51. The molecule has 1 amide bonds. The van der Waals surface area contributed by atoms with Crippen LogP contribution in [0.5, 0.6) is 17.2 Å². The number of hydrogen-bond acceptors (Lipinski definition) is 7. The monoisotopic (exact) mass is 489 g/mol. The molecule has 1 saturated heterocycles. The van der Waals surface area contributed by atoms with Crippen LogP contribution in [-0.4, -0.2) is 57.6 Å². The number of imidazole rings is 1. The van der Waals surface area contributed by atoms with Crippen molar-refractivity contribution in [3.05, 3.63) is 77.9 Å². The van der Waals surface area contributed by atoms with Crippen LogP contribution in [0.15, 0.2) is 66.8 Å². The fourth-order valence-electron chi connectivity index (χ4n) is 4.56. The van der Waals surface area contributed by atoms with Gasteiger partial charge in [-0.05, 0) is 49.2 Å². The molecule has 0 spiro atoms. The highest BCUT2D eigenvalue weighted by Crippen LogP contribution is 2.41. The molecule has 1 fully saturated rings. The van der Waals surface area contributed by atoms with E-state index in [1.165, 1.54) is 4.90 Å². The molecule has 0 unspecified atom stereocenters. The van der Waals surface area contributed by atoms with Crippen LogP contribution in [0.3, 0.4) is 0 Å². The SMILES string of the molecule is CCOc1ccc([C@H]2/C(=C(\O)c3ccc4c(c3)OCCO4)C(=O)C(=O)N2CCCn2ccnc2)cc1. The van der Waals surface area contributed by atoms with Gasteiger partial charge in [0, 0.05) is 31.0 Å². The quantitative estimate of drug-likeness (QED) is 0.293. The van der Waals surface area contributed by atoms with Crippen LogP contribution >= 0.6 is 0 Å². The molecule has 0 saturated carbocycles. The number of carbonyl (C=O) groups excluding carboxylic acids is 2. The Labute approximate surface area is 208 Å². The number of Topliss-reactive ketones (excluding diaryl/α,β-unsaturated/α-hetero) is 1. The summed E-state index contributed by atoms with van der Waals surface area (Å²) >= 11 is 0. The first-order valence-corrected chi connectivity index (χ1v) is 11.9. The minimum absolute atomic E-state index is 0.0449. The molecule has 2 aliphatic rings. The molecule has 0 bridgehead atoms. The van der Waals surface area contributed by atoms with E-state index in [-0.39, 0.29) is 11.3 Å². The highest BCUT2D eigenvalue weighted by molar-refractivity contribution is 6.46. The lowest BCUT2D eigenvalue weighted by molar-refractivity contribution is -0.139. The molecular formula is C27H27N3O6. The number of nitrogens with zero attached hydrogens (tertiary/aromatic N) is 3. The van der Waals surface area contributed by atoms with E-state index in [9.17, 15) is 14.7 Å². The average molecular weight is 490 g/mol. The van der Waals surface area contributed by atoms with Crippen LogP contribution in [0.1, 0.15) is 30.5 Å². The fraction of sp³-hybridized carbons (Fsp3) is 0.296. The van der Waals surface area contributed by atoms with Gasteiger partial charge in [0.1, 0.15) is 24.7 Å². The second kappa shape index (κ2) is 10.2. The Morgan fingerprint density at radius 3 is 2.58 bits per heavy atom. The maximum absolute atomic E-state index is 13.3. The van der Waals surface area contributed by atoms with E-state index in [2.05, 4.69) is 4.98 Å².